The number of benzene rings is 4. The zero-order valence-electron chi connectivity index (χ0n) is 22.3. The van der Waals surface area contributed by atoms with Gasteiger partial charge in [0.15, 0.2) is 0 Å². The van der Waals surface area contributed by atoms with E-state index in [0.29, 0.717) is 22.6 Å². The lowest BCUT2D eigenvalue weighted by molar-refractivity contribution is -0.384. The van der Waals surface area contributed by atoms with E-state index in [9.17, 15) is 14.9 Å². The van der Waals surface area contributed by atoms with Crippen molar-refractivity contribution in [2.75, 3.05) is 0 Å². The molecule has 1 N–H and O–H groups in total. The van der Waals surface area contributed by atoms with Crippen LogP contribution < -0.4 is 5.43 Å². The quantitative estimate of drug-likeness (QED) is 0.118. The molecule has 8 nitrogen and oxygen atoms in total. The highest BCUT2D eigenvalue weighted by atomic mass is 16.6. The summed E-state index contributed by atoms with van der Waals surface area (Å²) in [4.78, 5) is 23.7. The minimum absolute atomic E-state index is 0.0567. The molecule has 2 heterocycles. The van der Waals surface area contributed by atoms with E-state index in [1.54, 1.807) is 42.5 Å². The third-order valence-electron chi connectivity index (χ3n) is 6.76. The van der Waals surface area contributed by atoms with Crippen molar-refractivity contribution in [2.45, 2.75) is 0 Å². The van der Waals surface area contributed by atoms with Gasteiger partial charge >= 0.3 is 0 Å². The summed E-state index contributed by atoms with van der Waals surface area (Å²) in [5, 5.41) is 15.3. The lowest BCUT2D eigenvalue weighted by Crippen LogP contribution is -2.17. The number of nitrogens with one attached hydrogen (secondary N) is 1. The van der Waals surface area contributed by atoms with Crippen LogP contribution in [0, 0.1) is 10.1 Å². The Labute approximate surface area is 241 Å². The molecule has 0 atom stereocenters. The molecule has 6 aromatic rings. The first-order chi connectivity index (χ1) is 20.6. The van der Waals surface area contributed by atoms with Crippen molar-refractivity contribution in [3.63, 3.8) is 0 Å². The molecule has 0 unspecified atom stereocenters. The van der Waals surface area contributed by atoms with E-state index >= 15 is 0 Å². The van der Waals surface area contributed by atoms with E-state index in [-0.39, 0.29) is 11.6 Å². The Morgan fingerprint density at radius 2 is 1.33 bits per heavy atom. The average Bonchev–Trinajstić information content (AvgIpc) is 3.70. The molecule has 2 aromatic heterocycles. The number of nitrogens with zero attached hydrogens (tertiary/aromatic N) is 3. The molecule has 0 bridgehead atoms. The highest BCUT2D eigenvalue weighted by molar-refractivity contribution is 5.95. The fourth-order valence-corrected chi connectivity index (χ4v) is 4.77. The van der Waals surface area contributed by atoms with E-state index in [1.807, 2.05) is 48.5 Å². The van der Waals surface area contributed by atoms with Gasteiger partial charge in [0.05, 0.1) is 28.1 Å². The fourth-order valence-electron chi connectivity index (χ4n) is 4.77. The van der Waals surface area contributed by atoms with Crippen molar-refractivity contribution in [3.05, 3.63) is 155 Å². The number of amides is 1. The van der Waals surface area contributed by atoms with Crippen LogP contribution in [0.3, 0.4) is 0 Å². The molecule has 0 fully saturated rings. The van der Waals surface area contributed by atoms with Gasteiger partial charge in [0.25, 0.3) is 11.6 Å². The van der Waals surface area contributed by atoms with E-state index in [1.165, 1.54) is 12.3 Å². The molecule has 1 amide bonds. The van der Waals surface area contributed by atoms with Crippen LogP contribution in [0.1, 0.15) is 16.1 Å². The monoisotopic (exact) mass is 552 g/mol. The number of furan rings is 1. The first-order valence-corrected chi connectivity index (χ1v) is 13.2. The molecule has 42 heavy (non-hydrogen) atoms. The Morgan fingerprint density at radius 3 is 1.95 bits per heavy atom. The molecule has 0 aliphatic carbocycles. The molecular formula is C34H24N4O4. The van der Waals surface area contributed by atoms with Gasteiger partial charge < -0.3 is 8.98 Å². The van der Waals surface area contributed by atoms with Gasteiger partial charge in [-0.25, -0.2) is 5.43 Å². The van der Waals surface area contributed by atoms with Crippen LogP contribution in [0.4, 0.5) is 5.69 Å². The highest BCUT2D eigenvalue weighted by Gasteiger charge is 2.17. The summed E-state index contributed by atoms with van der Waals surface area (Å²) in [7, 11) is 0. The SMILES string of the molecule is O=C(N/N=C\c1ccc(-c2ccccc2[N+](=O)[O-])o1)c1ccc(-n2c(-c3ccccc3)ccc2-c2ccccc2)cc1. The maximum Gasteiger partial charge on any atom is 0.280 e. The summed E-state index contributed by atoms with van der Waals surface area (Å²) in [6.45, 7) is 0. The minimum Gasteiger partial charge on any atom is -0.455 e. The summed E-state index contributed by atoms with van der Waals surface area (Å²) in [5.74, 6) is 0.288. The van der Waals surface area contributed by atoms with E-state index < -0.39 is 4.92 Å². The summed E-state index contributed by atoms with van der Waals surface area (Å²) in [6.07, 6.45) is 1.35. The molecule has 204 valence electrons. The fraction of sp³-hybridized carbons (Fsp3) is 0. The van der Waals surface area contributed by atoms with Gasteiger partial charge in [0.1, 0.15) is 11.5 Å². The van der Waals surface area contributed by atoms with Gasteiger partial charge in [-0.15, -0.1) is 0 Å². The van der Waals surface area contributed by atoms with Gasteiger partial charge in [-0.05, 0) is 65.7 Å². The lowest BCUT2D eigenvalue weighted by Gasteiger charge is -2.15. The summed E-state index contributed by atoms with van der Waals surface area (Å²) >= 11 is 0. The molecule has 8 heteroatoms. The maximum atomic E-state index is 12.8. The molecule has 0 spiro atoms. The van der Waals surface area contributed by atoms with Gasteiger partial charge in [-0.3, -0.25) is 14.9 Å². The predicted octanol–water partition coefficient (Wildman–Crippen LogP) is 7.74. The molecule has 0 saturated carbocycles. The van der Waals surface area contributed by atoms with E-state index in [0.717, 1.165) is 28.2 Å². The number of aromatic nitrogens is 1. The van der Waals surface area contributed by atoms with Crippen LogP contribution in [0.25, 0.3) is 39.5 Å². The van der Waals surface area contributed by atoms with Crippen molar-refractivity contribution in [1.29, 1.82) is 0 Å². The Hall–Kier alpha value is -6.02. The van der Waals surface area contributed by atoms with E-state index in [4.69, 9.17) is 4.42 Å². The number of carbonyl (C=O) groups is 1. The predicted molar refractivity (Wildman–Crippen MR) is 162 cm³/mol. The molecular weight excluding hydrogens is 528 g/mol. The Morgan fingerprint density at radius 1 is 0.738 bits per heavy atom. The van der Waals surface area contributed by atoms with Gasteiger partial charge in [0.2, 0.25) is 0 Å². The molecule has 0 aliphatic heterocycles. The molecule has 0 aliphatic rings. The number of carbonyl (C=O) groups excluding carboxylic acids is 1. The second-order valence-electron chi connectivity index (χ2n) is 9.39. The van der Waals surface area contributed by atoms with Crippen molar-refractivity contribution < 1.29 is 14.1 Å². The van der Waals surface area contributed by atoms with Crippen molar-refractivity contribution >= 4 is 17.8 Å². The Balaban J connectivity index is 1.21. The third-order valence-corrected chi connectivity index (χ3v) is 6.76. The summed E-state index contributed by atoms with van der Waals surface area (Å²) in [6, 6.07) is 41.4. The van der Waals surface area contributed by atoms with Crippen molar-refractivity contribution in [3.8, 4) is 39.5 Å². The summed E-state index contributed by atoms with van der Waals surface area (Å²) in [5.41, 5.74) is 8.40. The van der Waals surface area contributed by atoms with Crippen LogP contribution in [0.15, 0.2) is 143 Å². The number of nitro benzene ring substituents is 1. The van der Waals surface area contributed by atoms with Crippen LogP contribution >= 0.6 is 0 Å². The van der Waals surface area contributed by atoms with E-state index in [2.05, 4.69) is 51.5 Å². The van der Waals surface area contributed by atoms with Crippen LogP contribution in [-0.2, 0) is 0 Å². The molecule has 6 rings (SSSR count). The first-order valence-electron chi connectivity index (χ1n) is 13.2. The third kappa shape index (κ3) is 5.37. The average molecular weight is 553 g/mol. The second-order valence-corrected chi connectivity index (χ2v) is 9.39. The largest absolute Gasteiger partial charge is 0.455 e. The number of rotatable bonds is 8. The number of hydrazone groups is 1. The number of hydrogen-bond acceptors (Lipinski definition) is 5. The first kappa shape index (κ1) is 26.2. The van der Waals surface area contributed by atoms with Gasteiger partial charge in [-0.1, -0.05) is 72.8 Å². The van der Waals surface area contributed by atoms with Gasteiger partial charge in [-0.2, -0.15) is 5.10 Å². The smallest absolute Gasteiger partial charge is 0.280 e. The zero-order valence-corrected chi connectivity index (χ0v) is 22.3. The van der Waals surface area contributed by atoms with Crippen LogP contribution in [0.5, 0.6) is 0 Å². The van der Waals surface area contributed by atoms with Gasteiger partial charge in [0, 0.05) is 17.3 Å². The second kappa shape index (κ2) is 11.6. The minimum atomic E-state index is -0.460. The molecule has 0 radical (unpaired) electrons. The normalized spacial score (nSPS) is 11.0. The standard InChI is InChI=1S/C34H24N4O4/c39-34(36-35-23-28-19-22-33(42-28)29-13-7-8-14-32(29)38(40)41)26-15-17-27(18-16-26)37-30(24-9-3-1-4-10-24)20-21-31(37)25-11-5-2-6-12-25/h1-23H,(H,36,39)/b35-23-. The Bertz CT molecular complexity index is 1830. The van der Waals surface area contributed by atoms with Crippen molar-refractivity contribution in [2.24, 2.45) is 5.10 Å². The highest BCUT2D eigenvalue weighted by Crippen LogP contribution is 2.33. The Kier molecular flexibility index (Phi) is 7.25. The zero-order chi connectivity index (χ0) is 28.9. The molecule has 4 aromatic carbocycles. The summed E-state index contributed by atoms with van der Waals surface area (Å²) < 4.78 is 7.87. The number of para-hydroxylation sites is 1. The number of hydrogen-bond donors (Lipinski definition) is 1. The van der Waals surface area contributed by atoms with Crippen molar-refractivity contribution in [1.82, 2.24) is 9.99 Å². The van der Waals surface area contributed by atoms with Crippen LogP contribution in [0.2, 0.25) is 0 Å². The molecule has 0 saturated heterocycles. The maximum absolute atomic E-state index is 12.8. The number of nitro groups is 1. The lowest BCUT2D eigenvalue weighted by atomic mass is 10.1. The topological polar surface area (TPSA) is 103 Å². The van der Waals surface area contributed by atoms with Crippen LogP contribution in [-0.4, -0.2) is 21.6 Å².